The lowest BCUT2D eigenvalue weighted by Crippen LogP contribution is -2.23. The second-order valence-electron chi connectivity index (χ2n) is 10.7. The number of benzene rings is 5. The van der Waals surface area contributed by atoms with Gasteiger partial charge in [0.2, 0.25) is 17.3 Å². The number of carbonyl (C=O) groups is 2. The zero-order valence-corrected chi connectivity index (χ0v) is 26.9. The maximum atomic E-state index is 13.8. The molecule has 0 saturated heterocycles. The van der Waals surface area contributed by atoms with Crippen LogP contribution in [0, 0.1) is 0 Å². The molecule has 0 aliphatic carbocycles. The first-order valence-electron chi connectivity index (χ1n) is 15.2. The molecule has 0 saturated carbocycles. The van der Waals surface area contributed by atoms with Crippen LogP contribution in [0.1, 0.15) is 38.7 Å². The third kappa shape index (κ3) is 8.12. The second-order valence-corrected chi connectivity index (χ2v) is 10.7. The summed E-state index contributed by atoms with van der Waals surface area (Å²) in [5.41, 5.74) is 2.64. The fourth-order valence-corrected chi connectivity index (χ4v) is 4.94. The minimum Gasteiger partial charge on any atom is -0.496 e. The highest BCUT2D eigenvalue weighted by Gasteiger charge is 2.31. The molecule has 0 bridgehead atoms. The molecule has 5 rings (SSSR count). The molecule has 246 valence electrons. The van der Waals surface area contributed by atoms with E-state index in [1.54, 1.807) is 0 Å². The molecule has 9 nitrogen and oxygen atoms in total. The zero-order valence-electron chi connectivity index (χ0n) is 26.9. The SMILES string of the molecule is COc1cc(OC)c(C(O)C(=O)C(=O)c2cc(OCc3ccccc3)c(OCc3ccccc3)c(OCc3ccccc3)c2)cc1OC. The highest BCUT2D eigenvalue weighted by molar-refractivity contribution is 6.45. The zero-order chi connectivity index (χ0) is 33.9. The minimum atomic E-state index is -1.87. The van der Waals surface area contributed by atoms with Crippen molar-refractivity contribution in [2.75, 3.05) is 21.3 Å². The van der Waals surface area contributed by atoms with E-state index in [4.69, 9.17) is 28.4 Å². The van der Waals surface area contributed by atoms with Crippen LogP contribution in [-0.2, 0) is 24.6 Å². The van der Waals surface area contributed by atoms with Crippen LogP contribution in [0.5, 0.6) is 34.5 Å². The Morgan fingerprint density at radius 2 is 0.958 bits per heavy atom. The highest BCUT2D eigenvalue weighted by atomic mass is 16.5. The fraction of sp³-hybridized carbons (Fsp3) is 0.179. The summed E-state index contributed by atoms with van der Waals surface area (Å²) in [6.07, 6.45) is -1.87. The molecule has 1 unspecified atom stereocenters. The summed E-state index contributed by atoms with van der Waals surface area (Å²) >= 11 is 0. The predicted octanol–water partition coefficient (Wildman–Crippen LogP) is 6.93. The highest BCUT2D eigenvalue weighted by Crippen LogP contribution is 2.42. The molecule has 48 heavy (non-hydrogen) atoms. The van der Waals surface area contributed by atoms with E-state index in [1.807, 2.05) is 91.0 Å². The van der Waals surface area contributed by atoms with Crippen LogP contribution in [0.2, 0.25) is 0 Å². The van der Waals surface area contributed by atoms with Gasteiger partial charge in [-0.2, -0.15) is 0 Å². The molecular formula is C39H36O9. The summed E-state index contributed by atoms with van der Waals surface area (Å²) in [7, 11) is 4.25. The van der Waals surface area contributed by atoms with Gasteiger partial charge in [0, 0.05) is 17.2 Å². The van der Waals surface area contributed by atoms with E-state index < -0.39 is 17.7 Å². The Labute approximate surface area is 279 Å². The standard InChI is InChI=1S/C39H36O9/c1-43-31-22-33(45-3)32(44-2)21-30(31)37(41)38(42)36(40)29-19-34(46-23-26-13-7-4-8-14-26)39(48-25-28-17-11-6-12-18-28)35(20-29)47-24-27-15-9-5-10-16-27/h4-22,37,41H,23-25H2,1-3H3. The van der Waals surface area contributed by atoms with Crippen LogP contribution in [0.3, 0.4) is 0 Å². The van der Waals surface area contributed by atoms with E-state index in [0.717, 1.165) is 16.7 Å². The molecule has 5 aromatic carbocycles. The Bertz CT molecular complexity index is 1760. The third-order valence-corrected chi connectivity index (χ3v) is 7.49. The Morgan fingerprint density at radius 3 is 1.40 bits per heavy atom. The van der Waals surface area contributed by atoms with Gasteiger partial charge in [0.1, 0.15) is 31.7 Å². The van der Waals surface area contributed by atoms with Crippen LogP contribution in [0.4, 0.5) is 0 Å². The Hall–Kier alpha value is -5.80. The first kappa shape index (κ1) is 33.6. The largest absolute Gasteiger partial charge is 0.496 e. The molecule has 1 N–H and O–H groups in total. The lowest BCUT2D eigenvalue weighted by atomic mass is 9.97. The Balaban J connectivity index is 1.54. The summed E-state index contributed by atoms with van der Waals surface area (Å²) in [6.45, 7) is 0.490. The van der Waals surface area contributed by atoms with Crippen molar-refractivity contribution in [2.45, 2.75) is 25.9 Å². The van der Waals surface area contributed by atoms with Gasteiger partial charge in [0.05, 0.1) is 21.3 Å². The van der Waals surface area contributed by atoms with Crippen LogP contribution in [0.15, 0.2) is 115 Å². The average Bonchev–Trinajstić information content (AvgIpc) is 3.15. The van der Waals surface area contributed by atoms with Crippen LogP contribution in [0.25, 0.3) is 0 Å². The van der Waals surface area contributed by atoms with Gasteiger partial charge in [0.15, 0.2) is 23.0 Å². The molecule has 0 spiro atoms. The van der Waals surface area contributed by atoms with Gasteiger partial charge in [-0.15, -0.1) is 0 Å². The van der Waals surface area contributed by atoms with Gasteiger partial charge in [-0.25, -0.2) is 0 Å². The van der Waals surface area contributed by atoms with Crippen molar-refractivity contribution in [3.05, 3.63) is 143 Å². The smallest absolute Gasteiger partial charge is 0.236 e. The van der Waals surface area contributed by atoms with Gasteiger partial charge >= 0.3 is 0 Å². The number of hydrogen-bond acceptors (Lipinski definition) is 9. The number of ketones is 2. The maximum absolute atomic E-state index is 13.8. The molecule has 1 atom stereocenters. The average molecular weight is 649 g/mol. The first-order valence-corrected chi connectivity index (χ1v) is 15.2. The lowest BCUT2D eigenvalue weighted by Gasteiger charge is -2.20. The van der Waals surface area contributed by atoms with Gasteiger partial charge in [-0.1, -0.05) is 91.0 Å². The molecule has 0 fully saturated rings. The fourth-order valence-electron chi connectivity index (χ4n) is 4.94. The molecule has 0 heterocycles. The number of aliphatic hydroxyl groups is 1. The van der Waals surface area contributed by atoms with Crippen molar-refractivity contribution in [1.82, 2.24) is 0 Å². The van der Waals surface area contributed by atoms with E-state index >= 15 is 0 Å². The number of hydrogen-bond donors (Lipinski definition) is 1. The van der Waals surface area contributed by atoms with Crippen molar-refractivity contribution in [3.63, 3.8) is 0 Å². The predicted molar refractivity (Wildman–Crippen MR) is 179 cm³/mol. The van der Waals surface area contributed by atoms with E-state index in [0.29, 0.717) is 5.75 Å². The van der Waals surface area contributed by atoms with Gasteiger partial charge in [-0.3, -0.25) is 9.59 Å². The minimum absolute atomic E-state index is 0.0393. The summed E-state index contributed by atoms with van der Waals surface area (Å²) < 4.78 is 34.8. The summed E-state index contributed by atoms with van der Waals surface area (Å²) in [6, 6.07) is 34.3. The van der Waals surface area contributed by atoms with Crippen LogP contribution in [-0.4, -0.2) is 38.0 Å². The van der Waals surface area contributed by atoms with Crippen molar-refractivity contribution < 1.29 is 43.1 Å². The lowest BCUT2D eigenvalue weighted by molar-refractivity contribution is -0.123. The summed E-state index contributed by atoms with van der Waals surface area (Å²) in [5, 5.41) is 11.2. The first-order chi connectivity index (χ1) is 23.4. The van der Waals surface area contributed by atoms with Crippen molar-refractivity contribution in [3.8, 4) is 34.5 Å². The van der Waals surface area contributed by atoms with Gasteiger partial charge < -0.3 is 33.5 Å². The van der Waals surface area contributed by atoms with Gasteiger partial charge in [0.25, 0.3) is 0 Å². The summed E-state index contributed by atoms with van der Waals surface area (Å²) in [5.74, 6) is -0.702. The van der Waals surface area contributed by atoms with Crippen LogP contribution >= 0.6 is 0 Å². The number of methoxy groups -OCH3 is 3. The third-order valence-electron chi connectivity index (χ3n) is 7.49. The van der Waals surface area contributed by atoms with Crippen molar-refractivity contribution in [2.24, 2.45) is 0 Å². The number of Topliss-reactive ketones (excluding diaryl/α,β-unsaturated/α-hetero) is 2. The molecule has 0 amide bonds. The molecule has 5 aromatic rings. The molecule has 0 aromatic heterocycles. The molecular weight excluding hydrogens is 612 g/mol. The van der Waals surface area contributed by atoms with E-state index in [-0.39, 0.29) is 59.7 Å². The normalized spacial score (nSPS) is 11.2. The van der Waals surface area contributed by atoms with Gasteiger partial charge in [-0.05, 0) is 34.9 Å². The quantitative estimate of drug-likeness (QED) is 0.0899. The molecule has 0 aliphatic rings. The van der Waals surface area contributed by atoms with E-state index in [9.17, 15) is 14.7 Å². The van der Waals surface area contributed by atoms with Crippen molar-refractivity contribution >= 4 is 11.6 Å². The Kier molecular flexibility index (Phi) is 11.3. The number of aliphatic hydroxyl groups excluding tert-OH is 1. The monoisotopic (exact) mass is 648 g/mol. The van der Waals surface area contributed by atoms with Crippen molar-refractivity contribution in [1.29, 1.82) is 0 Å². The molecule has 9 heteroatoms. The molecule has 0 aliphatic heterocycles. The number of carbonyl (C=O) groups excluding carboxylic acids is 2. The van der Waals surface area contributed by atoms with E-state index in [2.05, 4.69) is 0 Å². The van der Waals surface area contributed by atoms with Crippen LogP contribution < -0.4 is 28.4 Å². The second kappa shape index (κ2) is 16.2. The summed E-state index contributed by atoms with van der Waals surface area (Å²) in [4.78, 5) is 27.4. The number of ether oxygens (including phenoxy) is 6. The maximum Gasteiger partial charge on any atom is 0.236 e. The molecule has 0 radical (unpaired) electrons. The number of rotatable bonds is 16. The van der Waals surface area contributed by atoms with E-state index in [1.165, 1.54) is 45.6 Å². The topological polar surface area (TPSA) is 110 Å². The Morgan fingerprint density at radius 1 is 0.542 bits per heavy atom.